The Morgan fingerprint density at radius 1 is 0.333 bits per heavy atom. The molecule has 0 aliphatic rings. The van der Waals surface area contributed by atoms with Gasteiger partial charge in [0.2, 0.25) is 0 Å². The number of fused-ring (bicyclic) bond motifs is 13. The van der Waals surface area contributed by atoms with Crippen molar-refractivity contribution in [2.45, 2.75) is 0 Å². The van der Waals surface area contributed by atoms with Crippen LogP contribution in [-0.4, -0.2) is 19.5 Å². The highest BCUT2D eigenvalue weighted by Crippen LogP contribution is 2.46. The van der Waals surface area contributed by atoms with Crippen molar-refractivity contribution in [2.75, 3.05) is 0 Å². The average Bonchev–Trinajstić information content (AvgIpc) is 4.02. The molecule has 0 spiro atoms. The van der Waals surface area contributed by atoms with E-state index in [4.69, 9.17) is 15.0 Å². The summed E-state index contributed by atoms with van der Waals surface area (Å²) < 4.78 is 7.38. The first kappa shape index (κ1) is 34.9. The summed E-state index contributed by atoms with van der Waals surface area (Å²) in [5.41, 5.74) is 6.33. The Labute approximate surface area is 368 Å². The largest absolute Gasteiger partial charge is 0.308 e. The van der Waals surface area contributed by atoms with E-state index in [2.05, 4.69) is 199 Å². The molecular weight excluding hydrogens is 805 g/mol. The Bertz CT molecular complexity index is 4230. The monoisotopic (exact) mass is 836 g/mol. The Kier molecular flexibility index (Phi) is 7.40. The van der Waals surface area contributed by atoms with Crippen molar-refractivity contribution < 1.29 is 0 Å². The molecule has 14 rings (SSSR count). The summed E-state index contributed by atoms with van der Waals surface area (Å²) in [6.45, 7) is 0. The zero-order valence-electron chi connectivity index (χ0n) is 33.6. The van der Waals surface area contributed by atoms with Gasteiger partial charge in [0, 0.05) is 63.1 Å². The second kappa shape index (κ2) is 13.4. The maximum absolute atomic E-state index is 5.46. The number of nitrogens with zero attached hydrogens (tertiary/aromatic N) is 4. The average molecular weight is 837 g/mol. The van der Waals surface area contributed by atoms with Crippen LogP contribution in [0.3, 0.4) is 0 Å². The first-order valence-corrected chi connectivity index (χ1v) is 22.8. The predicted molar refractivity (Wildman–Crippen MR) is 269 cm³/mol. The van der Waals surface area contributed by atoms with Gasteiger partial charge in [-0.3, -0.25) is 0 Å². The third-order valence-corrected chi connectivity index (χ3v) is 15.2. The normalized spacial score (nSPS) is 12.1. The molecule has 0 saturated heterocycles. The van der Waals surface area contributed by atoms with E-state index in [1.165, 1.54) is 89.1 Å². The molecule has 0 saturated carbocycles. The van der Waals surface area contributed by atoms with Crippen LogP contribution in [0.5, 0.6) is 0 Å². The number of thiophene rings is 2. The van der Waals surface area contributed by atoms with Crippen LogP contribution in [0.1, 0.15) is 0 Å². The summed E-state index contributed by atoms with van der Waals surface area (Å²) in [6, 6.07) is 70.3. The van der Waals surface area contributed by atoms with E-state index in [1.807, 2.05) is 11.3 Å². The molecule has 4 heterocycles. The van der Waals surface area contributed by atoms with Gasteiger partial charge >= 0.3 is 0 Å². The zero-order chi connectivity index (χ0) is 41.2. The molecule has 4 nitrogen and oxygen atoms in total. The quantitative estimate of drug-likeness (QED) is 0.177. The first-order chi connectivity index (χ1) is 31.2. The van der Waals surface area contributed by atoms with Crippen LogP contribution in [0.2, 0.25) is 0 Å². The Hall–Kier alpha value is -7.77. The standard InChI is InChI=1S/C57H32N4S2/c1-2-14-35-28-38(25-24-33(35)12-1)55-58-56(60-57(59-55)44-21-11-20-43-41-18-7-9-22-50(41)62-53(43)44)39-30-45-42-19-8-10-23-51(42)63-54(45)49(32-39)61-47-27-26-34-13-5-6-17-40(34)52(47)46-29-36-15-3-4-16-37(36)31-48(46)61/h1-32H. The maximum Gasteiger partial charge on any atom is 0.165 e. The minimum atomic E-state index is 0.636. The van der Waals surface area contributed by atoms with E-state index in [0.717, 1.165) is 27.8 Å². The van der Waals surface area contributed by atoms with Crippen LogP contribution in [-0.2, 0) is 0 Å². The molecule has 292 valence electrons. The van der Waals surface area contributed by atoms with Gasteiger partial charge in [-0.2, -0.15) is 0 Å². The minimum absolute atomic E-state index is 0.636. The molecule has 0 radical (unpaired) electrons. The van der Waals surface area contributed by atoms with Crippen LogP contribution in [0.4, 0.5) is 0 Å². The summed E-state index contributed by atoms with van der Waals surface area (Å²) >= 11 is 3.64. The number of aromatic nitrogens is 4. The second-order valence-electron chi connectivity index (χ2n) is 16.4. The molecule has 0 bridgehead atoms. The third kappa shape index (κ3) is 5.29. The number of hydrogen-bond acceptors (Lipinski definition) is 5. The molecule has 4 aromatic heterocycles. The minimum Gasteiger partial charge on any atom is -0.308 e. The zero-order valence-corrected chi connectivity index (χ0v) is 35.2. The van der Waals surface area contributed by atoms with Crippen molar-refractivity contribution in [1.82, 2.24) is 19.5 Å². The molecule has 0 unspecified atom stereocenters. The van der Waals surface area contributed by atoms with Crippen LogP contribution >= 0.6 is 22.7 Å². The van der Waals surface area contributed by atoms with E-state index in [-0.39, 0.29) is 0 Å². The third-order valence-electron chi connectivity index (χ3n) is 12.8. The summed E-state index contributed by atoms with van der Waals surface area (Å²) in [5.74, 6) is 1.94. The lowest BCUT2D eigenvalue weighted by Gasteiger charge is -2.14. The molecule has 0 aliphatic carbocycles. The van der Waals surface area contributed by atoms with E-state index in [9.17, 15) is 0 Å². The highest BCUT2D eigenvalue weighted by atomic mass is 32.1. The molecule has 0 atom stereocenters. The smallest absolute Gasteiger partial charge is 0.165 e. The Morgan fingerprint density at radius 2 is 0.921 bits per heavy atom. The van der Waals surface area contributed by atoms with Gasteiger partial charge in [-0.15, -0.1) is 22.7 Å². The van der Waals surface area contributed by atoms with Crippen molar-refractivity contribution in [3.8, 4) is 39.9 Å². The van der Waals surface area contributed by atoms with Crippen molar-refractivity contribution in [1.29, 1.82) is 0 Å². The van der Waals surface area contributed by atoms with E-state index in [1.54, 1.807) is 11.3 Å². The topological polar surface area (TPSA) is 43.6 Å². The van der Waals surface area contributed by atoms with Gasteiger partial charge in [-0.25, -0.2) is 15.0 Å². The Balaban J connectivity index is 1.10. The maximum atomic E-state index is 5.46. The lowest BCUT2D eigenvalue weighted by atomic mass is 10.0. The number of benzene rings is 10. The summed E-state index contributed by atoms with van der Waals surface area (Å²) in [4.78, 5) is 16.2. The van der Waals surface area contributed by atoms with Crippen molar-refractivity contribution >= 4 is 117 Å². The lowest BCUT2D eigenvalue weighted by Crippen LogP contribution is -2.01. The van der Waals surface area contributed by atoms with Crippen LogP contribution in [0.25, 0.3) is 134 Å². The van der Waals surface area contributed by atoms with Gasteiger partial charge in [0.1, 0.15) is 0 Å². The molecule has 10 aromatic carbocycles. The first-order valence-electron chi connectivity index (χ1n) is 21.2. The fraction of sp³-hybridized carbons (Fsp3) is 0. The van der Waals surface area contributed by atoms with E-state index in [0.29, 0.717) is 17.5 Å². The molecule has 0 N–H and O–H groups in total. The van der Waals surface area contributed by atoms with Gasteiger partial charge in [0.05, 0.1) is 21.4 Å². The summed E-state index contributed by atoms with van der Waals surface area (Å²) in [6.07, 6.45) is 0. The highest BCUT2D eigenvalue weighted by Gasteiger charge is 2.23. The molecule has 6 heteroatoms. The summed E-state index contributed by atoms with van der Waals surface area (Å²) in [5, 5.41) is 14.6. The van der Waals surface area contributed by atoms with Crippen molar-refractivity contribution in [3.05, 3.63) is 194 Å². The number of rotatable bonds is 4. The van der Waals surface area contributed by atoms with Crippen molar-refractivity contribution in [3.63, 3.8) is 0 Å². The summed E-state index contributed by atoms with van der Waals surface area (Å²) in [7, 11) is 0. The Morgan fingerprint density at radius 3 is 1.71 bits per heavy atom. The predicted octanol–water partition coefficient (Wildman–Crippen LogP) is 16.2. The SMILES string of the molecule is c1ccc2cc(-c3nc(-c4cc(-n5c6cc7ccccc7cc6c6c7ccccc7ccc65)c5sc6ccccc6c5c4)nc(-c4cccc5c4sc4ccccc45)n3)ccc2c1. The molecular formula is C57H32N4S2. The van der Waals surface area contributed by atoms with Crippen LogP contribution in [0.15, 0.2) is 194 Å². The van der Waals surface area contributed by atoms with Crippen LogP contribution < -0.4 is 0 Å². The molecule has 0 amide bonds. The molecule has 0 fully saturated rings. The molecule has 0 aliphatic heterocycles. The van der Waals surface area contributed by atoms with E-state index >= 15 is 0 Å². The van der Waals surface area contributed by atoms with Gasteiger partial charge in [-0.1, -0.05) is 140 Å². The second-order valence-corrected chi connectivity index (χ2v) is 18.5. The highest BCUT2D eigenvalue weighted by molar-refractivity contribution is 7.26. The fourth-order valence-electron chi connectivity index (χ4n) is 9.84. The van der Waals surface area contributed by atoms with Gasteiger partial charge in [0.15, 0.2) is 17.5 Å². The molecule has 63 heavy (non-hydrogen) atoms. The van der Waals surface area contributed by atoms with Crippen molar-refractivity contribution in [2.24, 2.45) is 0 Å². The fourth-order valence-corrected chi connectivity index (χ4v) is 12.2. The van der Waals surface area contributed by atoms with E-state index < -0.39 is 0 Å². The van der Waals surface area contributed by atoms with Gasteiger partial charge < -0.3 is 4.57 Å². The van der Waals surface area contributed by atoms with Crippen LogP contribution in [0, 0.1) is 0 Å². The lowest BCUT2D eigenvalue weighted by molar-refractivity contribution is 1.08. The van der Waals surface area contributed by atoms with Gasteiger partial charge in [-0.05, 0) is 86.9 Å². The molecule has 14 aromatic rings. The number of hydrogen-bond donors (Lipinski definition) is 0. The van der Waals surface area contributed by atoms with Gasteiger partial charge in [0.25, 0.3) is 0 Å².